The number of nitrogens with two attached hydrogens (primary N) is 2. The van der Waals surface area contributed by atoms with Gasteiger partial charge in [0.25, 0.3) is 0 Å². The molecule has 0 aromatic heterocycles. The monoisotopic (exact) mass is 1080 g/mol. The van der Waals surface area contributed by atoms with Crippen molar-refractivity contribution in [2.24, 2.45) is 35.1 Å². The molecule has 0 aromatic rings. The van der Waals surface area contributed by atoms with Crippen LogP contribution in [-0.2, 0) is 57.5 Å². The number of nitrogens with one attached hydrogen (secondary N) is 9. The van der Waals surface area contributed by atoms with Gasteiger partial charge < -0.3 is 84.9 Å². The normalized spacial score (nSPS) is 16.9. The van der Waals surface area contributed by atoms with Gasteiger partial charge in [-0.15, -0.1) is 0 Å². The van der Waals surface area contributed by atoms with Crippen LogP contribution >= 0.6 is 12.6 Å². The van der Waals surface area contributed by atoms with Crippen LogP contribution in [0.25, 0.3) is 0 Å². The summed E-state index contributed by atoms with van der Waals surface area (Å²) in [4.78, 5) is 157. The third kappa shape index (κ3) is 22.5. The van der Waals surface area contributed by atoms with E-state index in [0.717, 1.165) is 6.92 Å². The summed E-state index contributed by atoms with van der Waals surface area (Å²) >= 11 is 3.92. The Morgan fingerprint density at radius 3 is 1.20 bits per heavy atom. The predicted molar refractivity (Wildman–Crippen MR) is 267 cm³/mol. The zero-order chi connectivity index (χ0) is 57.3. The first-order valence-electron chi connectivity index (χ1n) is 24.2. The summed E-state index contributed by atoms with van der Waals surface area (Å²) < 4.78 is 0. The van der Waals surface area contributed by atoms with Gasteiger partial charge in [0.15, 0.2) is 0 Å². The quantitative estimate of drug-likeness (QED) is 0.0263. The Morgan fingerprint density at radius 1 is 0.473 bits per heavy atom. The van der Waals surface area contributed by atoms with Crippen LogP contribution in [0.1, 0.15) is 101 Å². The van der Waals surface area contributed by atoms with Crippen molar-refractivity contribution in [3.05, 3.63) is 0 Å². The molecule has 0 rings (SSSR count). The van der Waals surface area contributed by atoms with Crippen molar-refractivity contribution in [2.75, 3.05) is 19.0 Å². The van der Waals surface area contributed by atoms with Crippen LogP contribution < -0.4 is 59.3 Å². The van der Waals surface area contributed by atoms with Gasteiger partial charge in [-0.3, -0.25) is 52.7 Å². The van der Waals surface area contributed by atoms with Crippen LogP contribution in [0, 0.1) is 23.7 Å². The van der Waals surface area contributed by atoms with Crippen LogP contribution in [0.5, 0.6) is 0 Å². The Hall–Kier alpha value is -6.17. The van der Waals surface area contributed by atoms with E-state index in [1.54, 1.807) is 48.5 Å². The maximum atomic E-state index is 14.0. The Bertz CT molecular complexity index is 1960. The Kier molecular flexibility index (Phi) is 30.8. The Labute approximate surface area is 434 Å². The maximum Gasteiger partial charge on any atom is 0.326 e. The number of hydrogen-bond acceptors (Lipinski definition) is 17. The molecule has 18 N–H and O–H groups in total. The van der Waals surface area contributed by atoms with E-state index in [-0.39, 0.29) is 18.6 Å². The lowest BCUT2D eigenvalue weighted by atomic mass is 9.96. The molecular weight excluding hydrogens is 999 g/mol. The zero-order valence-electron chi connectivity index (χ0n) is 43.3. The lowest BCUT2D eigenvalue weighted by Gasteiger charge is -2.30. The number of primary amides is 1. The minimum atomic E-state index is -1.88. The van der Waals surface area contributed by atoms with Gasteiger partial charge in [-0.25, -0.2) is 4.79 Å². The highest BCUT2D eigenvalue weighted by Gasteiger charge is 2.39. The molecule has 0 bridgehead atoms. The first-order valence-corrected chi connectivity index (χ1v) is 24.8. The largest absolute Gasteiger partial charge is 0.481 e. The van der Waals surface area contributed by atoms with Gasteiger partial charge in [0.05, 0.1) is 31.8 Å². The van der Waals surface area contributed by atoms with Gasteiger partial charge in [-0.1, -0.05) is 74.7 Å². The van der Waals surface area contributed by atoms with Crippen molar-refractivity contribution in [2.45, 2.75) is 167 Å². The fourth-order valence-electron chi connectivity index (χ4n) is 6.77. The summed E-state index contributed by atoms with van der Waals surface area (Å²) in [5.74, 6) is -16.2. The molecule has 0 aliphatic heterocycles. The highest BCUT2D eigenvalue weighted by molar-refractivity contribution is 7.80. The molecule has 0 saturated carbocycles. The molecule has 10 amide bonds. The van der Waals surface area contributed by atoms with E-state index in [0.29, 0.717) is 6.42 Å². The molecule has 0 unspecified atom stereocenters. The number of carbonyl (C=O) groups excluding carboxylic acids is 10. The number of aliphatic hydroxyl groups excluding tert-OH is 3. The van der Waals surface area contributed by atoms with Crippen molar-refractivity contribution >= 4 is 83.6 Å². The van der Waals surface area contributed by atoms with E-state index >= 15 is 0 Å². The molecule has 29 heteroatoms. The molecule has 14 atom stereocenters. The topological polar surface area (TPSA) is 466 Å². The third-order valence-electron chi connectivity index (χ3n) is 12.2. The minimum Gasteiger partial charge on any atom is -0.481 e. The van der Waals surface area contributed by atoms with E-state index in [2.05, 4.69) is 60.5 Å². The van der Waals surface area contributed by atoms with Crippen LogP contribution in [0.2, 0.25) is 0 Å². The standard InChI is InChI=1S/C45H79N11O17S/c1-10-20(6)32(42(69)48-25(13-14-30(61)62)37(64)56-35(23(9)59)44(71)52-31(19(4)5)41(68)55-34(45(72)73)22(8)12-3)53-38(65)26(15-29(47)60)49-39(66)27(16-57)51-43(70)33(21(7)11-2)54-40(67)28(17-58)50-36(63)24(46)18-74/h19-28,31-35,57-59,74H,10-18,46H2,1-9H3,(H2,47,60)(H,48,69)(H,49,66)(H,50,63)(H,51,70)(H,52,71)(H,53,65)(H,54,67)(H,55,68)(H,56,64)(H,61,62)(H,72,73)/t20-,21-,22-,23+,24-,25-,26-,27-,28-,31-,32-,33-,34-,35-/m0/s1. The molecule has 0 radical (unpaired) electrons. The summed E-state index contributed by atoms with van der Waals surface area (Å²) in [7, 11) is 0. The summed E-state index contributed by atoms with van der Waals surface area (Å²) in [6.45, 7) is 11.8. The van der Waals surface area contributed by atoms with E-state index in [1.807, 2.05) is 0 Å². The summed E-state index contributed by atoms with van der Waals surface area (Å²) in [5.41, 5.74) is 11.0. The van der Waals surface area contributed by atoms with Crippen LogP contribution in [0.3, 0.4) is 0 Å². The van der Waals surface area contributed by atoms with Crippen molar-refractivity contribution in [1.29, 1.82) is 0 Å². The molecule has 28 nitrogen and oxygen atoms in total. The first-order chi connectivity index (χ1) is 34.5. The molecule has 0 heterocycles. The van der Waals surface area contributed by atoms with Gasteiger partial charge in [-0.05, 0) is 37.0 Å². The molecule has 74 heavy (non-hydrogen) atoms. The Balaban J connectivity index is 6.60. The van der Waals surface area contributed by atoms with Crippen molar-refractivity contribution in [3.8, 4) is 0 Å². The molecule has 0 spiro atoms. The second-order valence-corrected chi connectivity index (χ2v) is 18.8. The van der Waals surface area contributed by atoms with Crippen LogP contribution in [0.4, 0.5) is 0 Å². The Morgan fingerprint density at radius 2 is 0.811 bits per heavy atom. The number of aliphatic carboxylic acids is 2. The van der Waals surface area contributed by atoms with Gasteiger partial charge in [0.2, 0.25) is 59.1 Å². The van der Waals surface area contributed by atoms with Gasteiger partial charge in [0.1, 0.15) is 54.4 Å². The van der Waals surface area contributed by atoms with Crippen molar-refractivity contribution < 1.29 is 83.1 Å². The molecular formula is C45H79N11O17S. The van der Waals surface area contributed by atoms with Gasteiger partial charge in [-0.2, -0.15) is 12.6 Å². The highest BCUT2D eigenvalue weighted by atomic mass is 32.1. The zero-order valence-corrected chi connectivity index (χ0v) is 44.2. The number of hydrogen-bond donors (Lipinski definition) is 17. The van der Waals surface area contributed by atoms with Crippen LogP contribution in [-0.4, -0.2) is 182 Å². The molecule has 422 valence electrons. The number of amides is 10. The molecule has 0 fully saturated rings. The third-order valence-corrected chi connectivity index (χ3v) is 12.5. The average Bonchev–Trinajstić information content (AvgIpc) is 3.34. The lowest BCUT2D eigenvalue weighted by Crippen LogP contribution is -2.63. The predicted octanol–water partition coefficient (Wildman–Crippen LogP) is -5.41. The van der Waals surface area contributed by atoms with E-state index in [9.17, 15) is 83.1 Å². The number of carboxylic acid groups (broad SMARTS) is 2. The summed E-state index contributed by atoms with van der Waals surface area (Å²) in [6.07, 6.45) is -3.09. The van der Waals surface area contributed by atoms with Crippen LogP contribution in [0.15, 0.2) is 0 Å². The summed E-state index contributed by atoms with van der Waals surface area (Å²) in [6, 6.07) is -15.7. The van der Waals surface area contributed by atoms with Gasteiger partial charge in [0, 0.05) is 12.2 Å². The molecule has 0 aliphatic carbocycles. The number of carbonyl (C=O) groups is 12. The van der Waals surface area contributed by atoms with E-state index in [1.165, 1.54) is 6.92 Å². The highest BCUT2D eigenvalue weighted by Crippen LogP contribution is 2.14. The van der Waals surface area contributed by atoms with E-state index in [4.69, 9.17) is 11.5 Å². The molecule has 0 aromatic carbocycles. The fraction of sp³-hybridized carbons (Fsp3) is 0.733. The number of aliphatic hydroxyl groups is 3. The SMILES string of the molecule is CC[C@H](C)[C@H](NC(=O)[C@@H](NC(=O)[C@@H](NC(=O)[C@H](CCC(=O)O)NC(=O)[C@@H](NC(=O)[C@H](CC(N)=O)NC(=O)[C@H](CO)NC(=O)[C@@H](NC(=O)[C@H](CO)NC(=O)[C@@H](N)CS)[C@@H](C)CC)[C@@H](C)CC)[C@@H](C)O)C(C)C)C(=O)O. The second-order valence-electron chi connectivity index (χ2n) is 18.4. The maximum absolute atomic E-state index is 14.0. The molecule has 0 aliphatic rings. The second kappa shape index (κ2) is 33.6. The average molecular weight is 1080 g/mol. The van der Waals surface area contributed by atoms with Crippen molar-refractivity contribution in [3.63, 3.8) is 0 Å². The minimum absolute atomic E-state index is 0.0937. The first kappa shape index (κ1) is 67.8. The number of rotatable bonds is 35. The van der Waals surface area contributed by atoms with Crippen molar-refractivity contribution in [1.82, 2.24) is 47.9 Å². The number of carboxylic acids is 2. The fourth-order valence-corrected chi connectivity index (χ4v) is 6.93. The van der Waals surface area contributed by atoms with Gasteiger partial charge >= 0.3 is 11.9 Å². The number of thiol groups is 1. The molecule has 0 saturated heterocycles. The lowest BCUT2D eigenvalue weighted by molar-refractivity contribution is -0.144. The summed E-state index contributed by atoms with van der Waals surface area (Å²) in [5, 5.41) is 70.6. The smallest absolute Gasteiger partial charge is 0.326 e. The van der Waals surface area contributed by atoms with E-state index < -0.39 is 194 Å².